The fourth-order valence-corrected chi connectivity index (χ4v) is 5.01. The van der Waals surface area contributed by atoms with Gasteiger partial charge in [-0.15, -0.1) is 0 Å². The van der Waals surface area contributed by atoms with E-state index in [0.717, 1.165) is 41.1 Å². The second-order valence-corrected chi connectivity index (χ2v) is 8.12. The van der Waals surface area contributed by atoms with Crippen molar-refractivity contribution in [2.24, 2.45) is 0 Å². The van der Waals surface area contributed by atoms with E-state index in [1.54, 1.807) is 0 Å². The zero-order valence-electron chi connectivity index (χ0n) is 17.1. The highest BCUT2D eigenvalue weighted by molar-refractivity contribution is 6.31. The zero-order valence-corrected chi connectivity index (χ0v) is 17.9. The maximum absolute atomic E-state index is 11.6. The predicted octanol–water partition coefficient (Wildman–Crippen LogP) is 5.66. The molecule has 1 atom stereocenters. The minimum atomic E-state index is -0.581. The first-order valence-electron chi connectivity index (χ1n) is 10.4. The average molecular weight is 420 g/mol. The number of halogens is 1. The quantitative estimate of drug-likeness (QED) is 0.381. The van der Waals surface area contributed by atoms with Crippen LogP contribution in [-0.4, -0.2) is 30.1 Å². The van der Waals surface area contributed by atoms with Crippen LogP contribution in [0, 0.1) is 0 Å². The SMILES string of the molecule is CC(=O)OC[C@@H]1CCCN1C(c1ccccc1)(c1ccccc1)c1ccccc1Cl. The van der Waals surface area contributed by atoms with Crippen LogP contribution in [0.1, 0.15) is 36.5 Å². The lowest BCUT2D eigenvalue weighted by molar-refractivity contribution is -0.142. The second-order valence-electron chi connectivity index (χ2n) is 7.71. The van der Waals surface area contributed by atoms with Gasteiger partial charge in [-0.1, -0.05) is 90.5 Å². The number of rotatable bonds is 6. The third kappa shape index (κ3) is 3.76. The number of ether oxygens (including phenoxy) is 1. The molecule has 0 saturated carbocycles. The van der Waals surface area contributed by atoms with Crippen LogP contribution in [0.3, 0.4) is 0 Å². The molecule has 4 rings (SSSR count). The number of likely N-dealkylation sites (tertiary alicyclic amines) is 1. The van der Waals surface area contributed by atoms with E-state index in [4.69, 9.17) is 16.3 Å². The standard InChI is InChI=1S/C26H26ClNO2/c1-20(29)30-19-23-15-10-18-28(23)26(21-11-4-2-5-12-21,22-13-6-3-7-14-22)24-16-8-9-17-25(24)27/h2-9,11-14,16-17,23H,10,15,18-19H2,1H3/t23-/m0/s1. The van der Waals surface area contributed by atoms with Crippen LogP contribution in [0.25, 0.3) is 0 Å². The van der Waals surface area contributed by atoms with E-state index in [2.05, 4.69) is 59.5 Å². The molecule has 3 aromatic carbocycles. The van der Waals surface area contributed by atoms with Gasteiger partial charge in [0.25, 0.3) is 0 Å². The summed E-state index contributed by atoms with van der Waals surface area (Å²) in [6.45, 7) is 2.73. The summed E-state index contributed by atoms with van der Waals surface area (Å²) in [5.74, 6) is -0.246. The molecule has 0 spiro atoms. The van der Waals surface area contributed by atoms with Gasteiger partial charge >= 0.3 is 5.97 Å². The van der Waals surface area contributed by atoms with Crippen LogP contribution in [0.15, 0.2) is 84.9 Å². The van der Waals surface area contributed by atoms with Crippen molar-refractivity contribution in [3.8, 4) is 0 Å². The molecule has 1 aliphatic rings. The van der Waals surface area contributed by atoms with E-state index in [-0.39, 0.29) is 12.0 Å². The Labute approximate surface area is 183 Å². The summed E-state index contributed by atoms with van der Waals surface area (Å²) >= 11 is 6.85. The molecule has 0 amide bonds. The largest absolute Gasteiger partial charge is 0.464 e. The molecule has 154 valence electrons. The predicted molar refractivity (Wildman–Crippen MR) is 121 cm³/mol. The molecule has 1 aliphatic heterocycles. The Morgan fingerprint density at radius 2 is 1.53 bits per heavy atom. The Morgan fingerprint density at radius 3 is 2.10 bits per heavy atom. The summed E-state index contributed by atoms with van der Waals surface area (Å²) in [7, 11) is 0. The second kappa shape index (κ2) is 9.03. The maximum atomic E-state index is 11.6. The molecule has 0 radical (unpaired) electrons. The van der Waals surface area contributed by atoms with Crippen LogP contribution < -0.4 is 0 Å². The van der Waals surface area contributed by atoms with Gasteiger partial charge in [-0.05, 0) is 35.6 Å². The van der Waals surface area contributed by atoms with Gasteiger partial charge < -0.3 is 4.74 Å². The van der Waals surface area contributed by atoms with Crippen LogP contribution >= 0.6 is 11.6 Å². The number of benzene rings is 3. The topological polar surface area (TPSA) is 29.5 Å². The highest BCUT2D eigenvalue weighted by Gasteiger charge is 2.47. The molecule has 0 N–H and O–H groups in total. The number of hydrogen-bond acceptors (Lipinski definition) is 3. The molecule has 3 aromatic rings. The summed E-state index contributed by atoms with van der Waals surface area (Å²) in [5.41, 5.74) is 2.76. The highest BCUT2D eigenvalue weighted by atomic mass is 35.5. The summed E-state index contributed by atoms with van der Waals surface area (Å²) in [6, 6.07) is 29.2. The number of nitrogens with zero attached hydrogens (tertiary/aromatic N) is 1. The van der Waals surface area contributed by atoms with E-state index in [0.29, 0.717) is 6.61 Å². The Morgan fingerprint density at radius 1 is 0.967 bits per heavy atom. The third-order valence-corrected chi connectivity index (χ3v) is 6.26. The van der Waals surface area contributed by atoms with Crippen molar-refractivity contribution in [1.29, 1.82) is 0 Å². The van der Waals surface area contributed by atoms with E-state index in [1.807, 2.05) is 30.3 Å². The van der Waals surface area contributed by atoms with Gasteiger partial charge in [0.2, 0.25) is 0 Å². The highest BCUT2D eigenvalue weighted by Crippen LogP contribution is 2.47. The van der Waals surface area contributed by atoms with E-state index < -0.39 is 5.54 Å². The van der Waals surface area contributed by atoms with Crippen molar-refractivity contribution >= 4 is 17.6 Å². The molecule has 0 aliphatic carbocycles. The molecule has 0 unspecified atom stereocenters. The fraction of sp³-hybridized carbons (Fsp3) is 0.269. The van der Waals surface area contributed by atoms with Gasteiger partial charge in [-0.2, -0.15) is 0 Å². The Balaban J connectivity index is 1.98. The number of carbonyl (C=O) groups excluding carboxylic acids is 1. The van der Waals surface area contributed by atoms with Gasteiger partial charge in [0.15, 0.2) is 0 Å². The summed E-state index contributed by atoms with van der Waals surface area (Å²) in [5, 5.41) is 0.725. The van der Waals surface area contributed by atoms with Gasteiger partial charge in [0, 0.05) is 24.5 Å². The maximum Gasteiger partial charge on any atom is 0.302 e. The first-order valence-corrected chi connectivity index (χ1v) is 10.8. The fourth-order valence-electron chi connectivity index (χ4n) is 4.74. The molecule has 0 aromatic heterocycles. The molecule has 4 heteroatoms. The van der Waals surface area contributed by atoms with Gasteiger partial charge in [-0.25, -0.2) is 0 Å². The van der Waals surface area contributed by atoms with E-state index >= 15 is 0 Å². The number of carbonyl (C=O) groups is 1. The van der Waals surface area contributed by atoms with Crippen LogP contribution in [0.2, 0.25) is 5.02 Å². The first-order chi connectivity index (χ1) is 14.6. The third-order valence-electron chi connectivity index (χ3n) is 5.93. The van der Waals surface area contributed by atoms with Crippen molar-refractivity contribution in [2.45, 2.75) is 31.3 Å². The van der Waals surface area contributed by atoms with Crippen LogP contribution in [0.5, 0.6) is 0 Å². The van der Waals surface area contributed by atoms with Crippen LogP contribution in [0.4, 0.5) is 0 Å². The molecular formula is C26H26ClNO2. The Hall–Kier alpha value is -2.62. The van der Waals surface area contributed by atoms with Crippen LogP contribution in [-0.2, 0) is 15.1 Å². The monoisotopic (exact) mass is 419 g/mol. The lowest BCUT2D eigenvalue weighted by Gasteiger charge is -2.46. The minimum Gasteiger partial charge on any atom is -0.464 e. The molecule has 1 heterocycles. The van der Waals surface area contributed by atoms with Gasteiger partial charge in [0.1, 0.15) is 6.61 Å². The Bertz CT molecular complexity index is 951. The number of esters is 1. The molecule has 30 heavy (non-hydrogen) atoms. The molecule has 1 fully saturated rings. The lowest BCUT2D eigenvalue weighted by Crippen LogP contribution is -2.52. The van der Waals surface area contributed by atoms with Crippen molar-refractivity contribution in [1.82, 2.24) is 4.90 Å². The summed E-state index contributed by atoms with van der Waals surface area (Å²) < 4.78 is 5.48. The van der Waals surface area contributed by atoms with E-state index in [9.17, 15) is 4.79 Å². The van der Waals surface area contributed by atoms with Gasteiger partial charge in [-0.3, -0.25) is 9.69 Å². The Kier molecular flexibility index (Phi) is 6.21. The average Bonchev–Trinajstić information content (AvgIpc) is 3.24. The molecular weight excluding hydrogens is 394 g/mol. The van der Waals surface area contributed by atoms with E-state index in [1.165, 1.54) is 6.92 Å². The van der Waals surface area contributed by atoms with Crippen molar-refractivity contribution in [2.75, 3.05) is 13.2 Å². The summed E-state index contributed by atoms with van der Waals surface area (Å²) in [6.07, 6.45) is 2.01. The molecule has 0 bridgehead atoms. The van der Waals surface area contributed by atoms with Crippen molar-refractivity contribution in [3.05, 3.63) is 107 Å². The normalized spacial score (nSPS) is 17.1. The minimum absolute atomic E-state index is 0.102. The first kappa shape index (κ1) is 20.6. The smallest absolute Gasteiger partial charge is 0.302 e. The van der Waals surface area contributed by atoms with Gasteiger partial charge in [0.05, 0.1) is 5.54 Å². The molecule has 3 nitrogen and oxygen atoms in total. The summed E-state index contributed by atoms with van der Waals surface area (Å²) in [4.78, 5) is 14.0. The van der Waals surface area contributed by atoms with Crippen molar-refractivity contribution in [3.63, 3.8) is 0 Å². The molecule has 1 saturated heterocycles. The number of hydrogen-bond donors (Lipinski definition) is 0. The zero-order chi connectivity index (χ0) is 21.0. The lowest BCUT2D eigenvalue weighted by atomic mass is 9.75. The van der Waals surface area contributed by atoms with Crippen molar-refractivity contribution < 1.29 is 9.53 Å².